The van der Waals surface area contributed by atoms with E-state index in [2.05, 4.69) is 21.9 Å². The van der Waals surface area contributed by atoms with Gasteiger partial charge in [-0.05, 0) is 29.8 Å². The second-order valence-electron chi connectivity index (χ2n) is 7.11. The fourth-order valence-corrected chi connectivity index (χ4v) is 3.61. The zero-order valence-corrected chi connectivity index (χ0v) is 16.8. The van der Waals surface area contributed by atoms with E-state index in [1.165, 1.54) is 0 Å². The number of nitrogens with zero attached hydrogens (tertiary/aromatic N) is 3. The van der Waals surface area contributed by atoms with Crippen LogP contribution >= 0.6 is 0 Å². The summed E-state index contributed by atoms with van der Waals surface area (Å²) in [6.45, 7) is 6.07. The van der Waals surface area contributed by atoms with Crippen molar-refractivity contribution in [2.24, 2.45) is 0 Å². The van der Waals surface area contributed by atoms with Crippen LogP contribution in [0.3, 0.4) is 0 Å². The van der Waals surface area contributed by atoms with Gasteiger partial charge in [-0.3, -0.25) is 0 Å². The fraction of sp³-hybridized carbons (Fsp3) is 0.409. The number of morpholine rings is 2. The third-order valence-electron chi connectivity index (χ3n) is 5.26. The van der Waals surface area contributed by atoms with Crippen LogP contribution in [0.1, 0.15) is 11.3 Å². The van der Waals surface area contributed by atoms with Crippen LogP contribution in [0.15, 0.2) is 30.3 Å². The van der Waals surface area contributed by atoms with Crippen molar-refractivity contribution in [3.8, 4) is 5.75 Å². The first kappa shape index (κ1) is 19.5. The lowest BCUT2D eigenvalue weighted by molar-refractivity contribution is 0.122. The Bertz CT molecular complexity index is 803. The Labute approximate surface area is 171 Å². The zero-order valence-electron chi connectivity index (χ0n) is 16.8. The highest BCUT2D eigenvalue weighted by Gasteiger charge is 2.22. The second kappa shape index (κ2) is 9.15. The van der Waals surface area contributed by atoms with E-state index in [0.29, 0.717) is 26.4 Å². The summed E-state index contributed by atoms with van der Waals surface area (Å²) in [4.78, 5) is 9.38. The molecule has 2 aromatic rings. The van der Waals surface area contributed by atoms with Crippen molar-refractivity contribution in [3.63, 3.8) is 0 Å². The van der Waals surface area contributed by atoms with Crippen molar-refractivity contribution in [1.29, 1.82) is 0 Å². The maximum atomic E-state index is 6.59. The minimum Gasteiger partial charge on any atom is -0.497 e. The van der Waals surface area contributed by atoms with E-state index in [4.69, 9.17) is 24.9 Å². The Hall–Kier alpha value is -2.77. The molecule has 0 atom stereocenters. The van der Waals surface area contributed by atoms with Gasteiger partial charge in [0.05, 0.1) is 50.6 Å². The Kier molecular flexibility index (Phi) is 6.17. The number of methoxy groups -OCH3 is 1. The predicted molar refractivity (Wildman–Crippen MR) is 117 cm³/mol. The molecule has 2 saturated heterocycles. The molecule has 0 aliphatic carbocycles. The topological polar surface area (TPSA) is 73.1 Å². The second-order valence-corrected chi connectivity index (χ2v) is 7.11. The van der Waals surface area contributed by atoms with E-state index in [-0.39, 0.29) is 0 Å². The molecule has 2 aliphatic heterocycles. The van der Waals surface area contributed by atoms with Crippen LogP contribution in [-0.2, 0) is 9.47 Å². The Morgan fingerprint density at radius 3 is 2.17 bits per heavy atom. The van der Waals surface area contributed by atoms with Crippen molar-refractivity contribution >= 4 is 29.3 Å². The molecule has 2 N–H and O–H groups in total. The summed E-state index contributed by atoms with van der Waals surface area (Å²) < 4.78 is 16.2. The third-order valence-corrected chi connectivity index (χ3v) is 5.26. The molecule has 4 rings (SSSR count). The minimum atomic E-state index is 0.694. The maximum Gasteiger partial charge on any atom is 0.154 e. The average Bonchev–Trinajstić information content (AvgIpc) is 2.80. The van der Waals surface area contributed by atoms with Crippen LogP contribution in [0.25, 0.3) is 12.2 Å². The molecular weight excluding hydrogens is 368 g/mol. The number of ether oxygens (including phenoxy) is 3. The van der Waals surface area contributed by atoms with Crippen LogP contribution < -0.4 is 20.3 Å². The maximum absolute atomic E-state index is 6.59. The SMILES string of the molecule is COc1ccc(/C=C/c2cc(N3CCOCC3)c(N)c(N3CCOCC3)n2)cc1. The molecule has 154 valence electrons. The van der Waals surface area contributed by atoms with Gasteiger partial charge in [0.2, 0.25) is 0 Å². The largest absolute Gasteiger partial charge is 0.497 e. The van der Waals surface area contributed by atoms with E-state index in [1.807, 2.05) is 30.3 Å². The standard InChI is InChI=1S/C22H28N4O3/c1-27-19-6-3-17(4-7-19)2-5-18-16-20(25-8-12-28-13-9-25)21(23)22(24-18)26-10-14-29-15-11-26/h2-7,16H,8-15,23H2,1H3/b5-2+. The summed E-state index contributed by atoms with van der Waals surface area (Å²) in [6, 6.07) is 10.0. The lowest BCUT2D eigenvalue weighted by Gasteiger charge is -2.33. The first-order valence-corrected chi connectivity index (χ1v) is 10.0. The fourth-order valence-electron chi connectivity index (χ4n) is 3.61. The van der Waals surface area contributed by atoms with E-state index in [1.54, 1.807) is 7.11 Å². The normalized spacial score (nSPS) is 17.7. The van der Waals surface area contributed by atoms with Crippen LogP contribution in [0.2, 0.25) is 0 Å². The summed E-state index contributed by atoms with van der Waals surface area (Å²) in [5, 5.41) is 0. The van der Waals surface area contributed by atoms with Crippen molar-refractivity contribution < 1.29 is 14.2 Å². The number of benzene rings is 1. The van der Waals surface area contributed by atoms with Crippen LogP contribution in [0.5, 0.6) is 5.75 Å². The zero-order chi connectivity index (χ0) is 20.1. The Morgan fingerprint density at radius 2 is 1.55 bits per heavy atom. The van der Waals surface area contributed by atoms with Gasteiger partial charge >= 0.3 is 0 Å². The van der Waals surface area contributed by atoms with Gasteiger partial charge in [-0.1, -0.05) is 18.2 Å². The van der Waals surface area contributed by atoms with Gasteiger partial charge in [-0.15, -0.1) is 0 Å². The van der Waals surface area contributed by atoms with Crippen molar-refractivity contribution in [2.75, 3.05) is 75.2 Å². The monoisotopic (exact) mass is 396 g/mol. The number of nitrogens with two attached hydrogens (primary N) is 1. The number of pyridine rings is 1. The molecule has 0 radical (unpaired) electrons. The first-order chi connectivity index (χ1) is 14.2. The summed E-state index contributed by atoms with van der Waals surface area (Å²) in [5.41, 5.74) is 10.3. The van der Waals surface area contributed by atoms with Gasteiger partial charge in [-0.2, -0.15) is 0 Å². The summed E-state index contributed by atoms with van der Waals surface area (Å²) in [6.07, 6.45) is 4.10. The van der Waals surface area contributed by atoms with Gasteiger partial charge in [-0.25, -0.2) is 4.98 Å². The number of nitrogen functional groups attached to an aromatic ring is 1. The molecule has 2 aliphatic rings. The first-order valence-electron chi connectivity index (χ1n) is 10.0. The highest BCUT2D eigenvalue weighted by atomic mass is 16.5. The molecule has 3 heterocycles. The van der Waals surface area contributed by atoms with Gasteiger partial charge in [0.25, 0.3) is 0 Å². The van der Waals surface area contributed by atoms with E-state index < -0.39 is 0 Å². The van der Waals surface area contributed by atoms with Gasteiger partial charge in [0.1, 0.15) is 5.75 Å². The Morgan fingerprint density at radius 1 is 0.931 bits per heavy atom. The number of rotatable bonds is 5. The van der Waals surface area contributed by atoms with Crippen molar-refractivity contribution in [1.82, 2.24) is 4.98 Å². The summed E-state index contributed by atoms with van der Waals surface area (Å²) in [7, 11) is 1.67. The lowest BCUT2D eigenvalue weighted by atomic mass is 10.1. The lowest BCUT2D eigenvalue weighted by Crippen LogP contribution is -2.39. The number of anilines is 3. The van der Waals surface area contributed by atoms with Gasteiger partial charge in [0, 0.05) is 26.2 Å². The predicted octanol–water partition coefficient (Wildman–Crippen LogP) is 2.52. The highest BCUT2D eigenvalue weighted by Crippen LogP contribution is 2.34. The van der Waals surface area contributed by atoms with Crippen molar-refractivity contribution in [2.45, 2.75) is 0 Å². The molecule has 0 amide bonds. The number of hydrogen-bond acceptors (Lipinski definition) is 7. The smallest absolute Gasteiger partial charge is 0.154 e. The van der Waals surface area contributed by atoms with E-state index >= 15 is 0 Å². The molecule has 7 nitrogen and oxygen atoms in total. The molecule has 0 saturated carbocycles. The quantitative estimate of drug-likeness (QED) is 0.832. The minimum absolute atomic E-state index is 0.694. The van der Waals surface area contributed by atoms with Gasteiger partial charge in [0.15, 0.2) is 5.82 Å². The molecule has 1 aromatic heterocycles. The summed E-state index contributed by atoms with van der Waals surface area (Å²) >= 11 is 0. The molecule has 2 fully saturated rings. The molecule has 0 spiro atoms. The summed E-state index contributed by atoms with van der Waals surface area (Å²) in [5.74, 6) is 1.68. The van der Waals surface area contributed by atoms with Crippen molar-refractivity contribution in [3.05, 3.63) is 41.6 Å². The van der Waals surface area contributed by atoms with Crippen LogP contribution in [0.4, 0.5) is 17.2 Å². The van der Waals surface area contributed by atoms with E-state index in [0.717, 1.165) is 60.4 Å². The number of hydrogen-bond donors (Lipinski definition) is 1. The Balaban J connectivity index is 1.66. The van der Waals surface area contributed by atoms with Gasteiger partial charge < -0.3 is 29.7 Å². The highest BCUT2D eigenvalue weighted by molar-refractivity contribution is 5.83. The average molecular weight is 396 g/mol. The van der Waals surface area contributed by atoms with Crippen LogP contribution in [-0.4, -0.2) is 64.7 Å². The molecule has 0 bridgehead atoms. The molecule has 29 heavy (non-hydrogen) atoms. The number of aromatic nitrogens is 1. The molecular formula is C22H28N4O3. The molecule has 1 aromatic carbocycles. The third kappa shape index (κ3) is 4.63. The van der Waals surface area contributed by atoms with Crippen LogP contribution in [0, 0.1) is 0 Å². The molecule has 0 unspecified atom stereocenters. The van der Waals surface area contributed by atoms with E-state index in [9.17, 15) is 0 Å². The molecule has 7 heteroatoms.